The number of rotatable bonds is 3. The molecule has 2 aromatic carbocycles. The van der Waals surface area contributed by atoms with Crippen molar-refractivity contribution in [3.63, 3.8) is 0 Å². The second kappa shape index (κ2) is 8.13. The lowest BCUT2D eigenvalue weighted by atomic mass is 9.95. The van der Waals surface area contributed by atoms with Crippen molar-refractivity contribution in [2.75, 3.05) is 23.3 Å². The smallest absolute Gasteiger partial charge is 0.387 e. The van der Waals surface area contributed by atoms with E-state index in [0.717, 1.165) is 60.3 Å². The van der Waals surface area contributed by atoms with Crippen molar-refractivity contribution in [3.8, 4) is 5.75 Å². The average molecular weight is 395 g/mol. The summed E-state index contributed by atoms with van der Waals surface area (Å²) in [5.41, 5.74) is 4.46. The van der Waals surface area contributed by atoms with Crippen molar-refractivity contribution >= 4 is 29.7 Å². The highest BCUT2D eigenvalue weighted by Gasteiger charge is 2.27. The van der Waals surface area contributed by atoms with Gasteiger partial charge in [0.25, 0.3) is 5.91 Å². The second-order valence-electron chi connectivity index (χ2n) is 6.59. The summed E-state index contributed by atoms with van der Waals surface area (Å²) in [7, 11) is 0. The molecule has 0 saturated carbocycles. The molecule has 144 valence electrons. The Hall–Kier alpha value is -2.34. The van der Waals surface area contributed by atoms with E-state index in [0.29, 0.717) is 6.54 Å². The maximum Gasteiger partial charge on any atom is 0.387 e. The number of ether oxygens (including phenoxy) is 1. The number of nitrogens with one attached hydrogen (secondary N) is 1. The molecule has 0 atom stereocenters. The monoisotopic (exact) mass is 394 g/mol. The summed E-state index contributed by atoms with van der Waals surface area (Å²) in [6.07, 6.45) is 3.42. The molecule has 4 nitrogen and oxygen atoms in total. The van der Waals surface area contributed by atoms with Crippen molar-refractivity contribution in [2.45, 2.75) is 32.3 Å². The molecule has 0 saturated heterocycles. The standard InChI is InChI=1S/C20H20F2N2O2.ClH/c21-20(22)26-14-8-9-18-13(12-14)4-3-11-24(18)19(25)16-5-1-7-17-15(16)6-2-10-23-17;/h1,5,7-9,12,20,23H,2-4,6,10-11H2;1H. The predicted octanol–water partition coefficient (Wildman–Crippen LogP) is 4.66. The molecular formula is C20H21ClF2N2O2. The van der Waals surface area contributed by atoms with E-state index in [-0.39, 0.29) is 24.1 Å². The molecule has 1 amide bonds. The van der Waals surface area contributed by atoms with Crippen LogP contribution >= 0.6 is 12.4 Å². The third kappa shape index (κ3) is 3.86. The molecule has 0 unspecified atom stereocenters. The zero-order chi connectivity index (χ0) is 18.1. The molecule has 0 aliphatic carbocycles. The van der Waals surface area contributed by atoms with Gasteiger partial charge >= 0.3 is 6.61 Å². The Labute approximate surface area is 162 Å². The quantitative estimate of drug-likeness (QED) is 0.823. The van der Waals surface area contributed by atoms with Gasteiger partial charge in [-0.25, -0.2) is 0 Å². The van der Waals surface area contributed by atoms with Gasteiger partial charge in [-0.2, -0.15) is 8.78 Å². The van der Waals surface area contributed by atoms with Gasteiger partial charge in [0.05, 0.1) is 0 Å². The van der Waals surface area contributed by atoms with E-state index < -0.39 is 6.61 Å². The second-order valence-corrected chi connectivity index (χ2v) is 6.59. The van der Waals surface area contributed by atoms with E-state index in [9.17, 15) is 13.6 Å². The molecule has 2 aliphatic heterocycles. The van der Waals surface area contributed by atoms with Crippen LogP contribution in [0.25, 0.3) is 0 Å². The van der Waals surface area contributed by atoms with Gasteiger partial charge in [0.15, 0.2) is 0 Å². The summed E-state index contributed by atoms with van der Waals surface area (Å²) in [6.45, 7) is -1.31. The molecule has 1 N–H and O–H groups in total. The van der Waals surface area contributed by atoms with Crippen LogP contribution in [0.3, 0.4) is 0 Å². The Bertz CT molecular complexity index is 845. The molecule has 2 aromatic rings. The number of nitrogens with zero attached hydrogens (tertiary/aromatic N) is 1. The van der Waals surface area contributed by atoms with Crippen molar-refractivity contribution in [3.05, 3.63) is 53.1 Å². The molecule has 27 heavy (non-hydrogen) atoms. The van der Waals surface area contributed by atoms with E-state index in [1.807, 2.05) is 18.2 Å². The molecule has 0 spiro atoms. The summed E-state index contributed by atoms with van der Waals surface area (Å²) in [5.74, 6) is 0.100. The molecule has 4 rings (SSSR count). The summed E-state index contributed by atoms with van der Waals surface area (Å²) < 4.78 is 29.4. The van der Waals surface area contributed by atoms with Gasteiger partial charge in [0.1, 0.15) is 5.75 Å². The highest BCUT2D eigenvalue weighted by atomic mass is 35.5. The molecule has 7 heteroatoms. The normalized spacial score (nSPS) is 15.3. The number of alkyl halides is 2. The fraction of sp³-hybridized carbons (Fsp3) is 0.350. The molecule has 0 aromatic heterocycles. The first-order valence-electron chi connectivity index (χ1n) is 8.89. The lowest BCUT2D eigenvalue weighted by molar-refractivity contribution is -0.0498. The average Bonchev–Trinajstić information content (AvgIpc) is 2.66. The van der Waals surface area contributed by atoms with Gasteiger partial charge in [0.2, 0.25) is 0 Å². The Morgan fingerprint density at radius 3 is 2.81 bits per heavy atom. The minimum atomic E-state index is -2.85. The van der Waals surface area contributed by atoms with Gasteiger partial charge < -0.3 is 15.0 Å². The minimum Gasteiger partial charge on any atom is -0.435 e. The summed E-state index contributed by atoms with van der Waals surface area (Å²) in [6, 6.07) is 10.6. The number of aryl methyl sites for hydroxylation is 1. The van der Waals surface area contributed by atoms with Crippen molar-refractivity contribution in [2.24, 2.45) is 0 Å². The first kappa shape index (κ1) is 19.4. The van der Waals surface area contributed by atoms with E-state index in [1.165, 1.54) is 6.07 Å². The topological polar surface area (TPSA) is 41.6 Å². The molecule has 2 aliphatic rings. The maximum absolute atomic E-state index is 13.2. The fourth-order valence-corrected chi connectivity index (χ4v) is 3.82. The van der Waals surface area contributed by atoms with E-state index in [1.54, 1.807) is 17.0 Å². The molecule has 0 radical (unpaired) electrons. The van der Waals surface area contributed by atoms with Gasteiger partial charge in [-0.15, -0.1) is 12.4 Å². The fourth-order valence-electron chi connectivity index (χ4n) is 3.82. The van der Waals surface area contributed by atoms with Gasteiger partial charge in [-0.05, 0) is 67.1 Å². The molecule has 0 bridgehead atoms. The number of fused-ring (bicyclic) bond motifs is 2. The molecular weight excluding hydrogens is 374 g/mol. The number of hydrogen-bond donors (Lipinski definition) is 1. The van der Waals surface area contributed by atoms with Crippen LogP contribution in [0.15, 0.2) is 36.4 Å². The summed E-state index contributed by atoms with van der Waals surface area (Å²) in [5, 5.41) is 3.35. The number of carbonyl (C=O) groups excluding carboxylic acids is 1. The van der Waals surface area contributed by atoms with Crippen LogP contribution in [-0.4, -0.2) is 25.6 Å². The number of amides is 1. The predicted molar refractivity (Wildman–Crippen MR) is 104 cm³/mol. The van der Waals surface area contributed by atoms with Crippen LogP contribution in [0.4, 0.5) is 20.2 Å². The number of anilines is 2. The SMILES string of the molecule is Cl.O=C(c1cccc2c1CCCN2)N1CCCc2cc(OC(F)F)ccc21. The summed E-state index contributed by atoms with van der Waals surface area (Å²) in [4.78, 5) is 15.0. The van der Waals surface area contributed by atoms with Gasteiger partial charge in [-0.3, -0.25) is 4.79 Å². The maximum atomic E-state index is 13.2. The number of benzene rings is 2. The molecule has 0 fully saturated rings. The third-order valence-corrected chi connectivity index (χ3v) is 4.97. The minimum absolute atomic E-state index is 0. The van der Waals surface area contributed by atoms with Gasteiger partial charge in [0, 0.05) is 30.0 Å². The number of carbonyl (C=O) groups is 1. The highest BCUT2D eigenvalue weighted by molar-refractivity contribution is 6.08. The Balaban J connectivity index is 0.00000210. The van der Waals surface area contributed by atoms with Crippen LogP contribution in [0.2, 0.25) is 0 Å². The Morgan fingerprint density at radius 2 is 2.00 bits per heavy atom. The van der Waals surface area contributed by atoms with Crippen LogP contribution in [-0.2, 0) is 12.8 Å². The lowest BCUT2D eigenvalue weighted by Gasteiger charge is -2.31. The zero-order valence-electron chi connectivity index (χ0n) is 14.7. The first-order valence-corrected chi connectivity index (χ1v) is 8.89. The van der Waals surface area contributed by atoms with E-state index in [2.05, 4.69) is 10.1 Å². The van der Waals surface area contributed by atoms with Crippen LogP contribution in [0.5, 0.6) is 5.75 Å². The zero-order valence-corrected chi connectivity index (χ0v) is 15.5. The lowest BCUT2D eigenvalue weighted by Crippen LogP contribution is -2.36. The van der Waals surface area contributed by atoms with Crippen LogP contribution in [0, 0.1) is 0 Å². The van der Waals surface area contributed by atoms with Crippen molar-refractivity contribution < 1.29 is 18.3 Å². The van der Waals surface area contributed by atoms with Crippen molar-refractivity contribution in [1.29, 1.82) is 0 Å². The van der Waals surface area contributed by atoms with E-state index in [4.69, 9.17) is 0 Å². The van der Waals surface area contributed by atoms with Crippen molar-refractivity contribution in [1.82, 2.24) is 0 Å². The molecule has 2 heterocycles. The number of halogens is 3. The first-order chi connectivity index (χ1) is 12.6. The Morgan fingerprint density at radius 1 is 1.15 bits per heavy atom. The third-order valence-electron chi connectivity index (χ3n) is 4.97. The van der Waals surface area contributed by atoms with Crippen LogP contribution in [0.1, 0.15) is 34.3 Å². The highest BCUT2D eigenvalue weighted by Crippen LogP contribution is 2.34. The largest absolute Gasteiger partial charge is 0.435 e. The number of hydrogen-bond acceptors (Lipinski definition) is 3. The summed E-state index contributed by atoms with van der Waals surface area (Å²) >= 11 is 0. The van der Waals surface area contributed by atoms with Gasteiger partial charge in [-0.1, -0.05) is 6.07 Å². The Kier molecular flexibility index (Phi) is 5.85. The van der Waals surface area contributed by atoms with Crippen LogP contribution < -0.4 is 15.0 Å². The van der Waals surface area contributed by atoms with E-state index >= 15 is 0 Å².